The van der Waals surface area contributed by atoms with Crippen molar-refractivity contribution in [3.8, 4) is 0 Å². The van der Waals surface area contributed by atoms with Crippen LogP contribution in [0, 0.1) is 6.92 Å². The minimum absolute atomic E-state index is 0.317. The number of nitrogens with zero attached hydrogens (tertiary/aromatic N) is 2. The van der Waals surface area contributed by atoms with E-state index in [1.807, 2.05) is 19.9 Å². The molecule has 5 nitrogen and oxygen atoms in total. The number of methoxy groups -OCH3 is 1. The average molecular weight is 225 g/mol. The van der Waals surface area contributed by atoms with Crippen molar-refractivity contribution in [3.63, 3.8) is 0 Å². The SMILES string of the molecule is CCc1cc(NCC(O)COC)nc(C)n1. The smallest absolute Gasteiger partial charge is 0.130 e. The van der Waals surface area contributed by atoms with Crippen LogP contribution in [0.3, 0.4) is 0 Å². The summed E-state index contributed by atoms with van der Waals surface area (Å²) in [5.74, 6) is 1.49. The van der Waals surface area contributed by atoms with E-state index in [4.69, 9.17) is 4.74 Å². The Bertz CT molecular complexity index is 331. The van der Waals surface area contributed by atoms with Crippen LogP contribution >= 0.6 is 0 Å². The Labute approximate surface area is 95.9 Å². The molecule has 0 aliphatic heterocycles. The Morgan fingerprint density at radius 2 is 2.25 bits per heavy atom. The van der Waals surface area contributed by atoms with Crippen LogP contribution in [-0.2, 0) is 11.2 Å². The van der Waals surface area contributed by atoms with Gasteiger partial charge >= 0.3 is 0 Å². The summed E-state index contributed by atoms with van der Waals surface area (Å²) in [6.07, 6.45) is 0.351. The number of ether oxygens (including phenoxy) is 1. The van der Waals surface area contributed by atoms with E-state index in [0.29, 0.717) is 13.2 Å². The second-order valence-corrected chi connectivity index (χ2v) is 3.64. The zero-order valence-corrected chi connectivity index (χ0v) is 10.0. The highest BCUT2D eigenvalue weighted by atomic mass is 16.5. The van der Waals surface area contributed by atoms with Gasteiger partial charge in [-0.05, 0) is 13.3 Å². The van der Waals surface area contributed by atoms with Gasteiger partial charge in [-0.15, -0.1) is 0 Å². The highest BCUT2D eigenvalue weighted by molar-refractivity contribution is 5.36. The number of hydrogen-bond acceptors (Lipinski definition) is 5. The monoisotopic (exact) mass is 225 g/mol. The molecule has 2 N–H and O–H groups in total. The quantitative estimate of drug-likeness (QED) is 0.748. The highest BCUT2D eigenvalue weighted by Crippen LogP contribution is 2.07. The van der Waals surface area contributed by atoms with Crippen molar-refractivity contribution < 1.29 is 9.84 Å². The third-order valence-electron chi connectivity index (χ3n) is 2.13. The van der Waals surface area contributed by atoms with Crippen LogP contribution < -0.4 is 5.32 Å². The summed E-state index contributed by atoms with van der Waals surface area (Å²) in [6.45, 7) is 4.65. The van der Waals surface area contributed by atoms with E-state index < -0.39 is 6.10 Å². The molecule has 0 fully saturated rings. The van der Waals surface area contributed by atoms with Gasteiger partial charge in [0.05, 0.1) is 12.7 Å². The number of aryl methyl sites for hydroxylation is 2. The molecule has 1 aromatic heterocycles. The van der Waals surface area contributed by atoms with Gasteiger partial charge in [0.2, 0.25) is 0 Å². The maximum Gasteiger partial charge on any atom is 0.130 e. The van der Waals surface area contributed by atoms with Gasteiger partial charge in [0.1, 0.15) is 11.6 Å². The fourth-order valence-corrected chi connectivity index (χ4v) is 1.37. The Kier molecular flexibility index (Phi) is 5.14. The zero-order valence-electron chi connectivity index (χ0n) is 10.0. The summed E-state index contributed by atoms with van der Waals surface area (Å²) in [5, 5.41) is 12.5. The highest BCUT2D eigenvalue weighted by Gasteiger charge is 2.05. The predicted octanol–water partition coefficient (Wildman–Crippen LogP) is 0.767. The molecule has 1 aromatic rings. The minimum atomic E-state index is -0.523. The zero-order chi connectivity index (χ0) is 12.0. The lowest BCUT2D eigenvalue weighted by Crippen LogP contribution is -2.24. The maximum absolute atomic E-state index is 9.48. The van der Waals surface area contributed by atoms with Crippen molar-refractivity contribution >= 4 is 5.82 Å². The topological polar surface area (TPSA) is 67.3 Å². The first-order valence-corrected chi connectivity index (χ1v) is 5.41. The Morgan fingerprint density at radius 1 is 1.50 bits per heavy atom. The third-order valence-corrected chi connectivity index (χ3v) is 2.13. The fraction of sp³-hybridized carbons (Fsp3) is 0.636. The molecule has 0 aliphatic carbocycles. The van der Waals surface area contributed by atoms with Gasteiger partial charge in [-0.1, -0.05) is 6.92 Å². The number of nitrogens with one attached hydrogen (secondary N) is 1. The van der Waals surface area contributed by atoms with Crippen LogP contribution in [-0.4, -0.2) is 41.4 Å². The summed E-state index contributed by atoms with van der Waals surface area (Å²) in [7, 11) is 1.56. The fourth-order valence-electron chi connectivity index (χ4n) is 1.37. The van der Waals surface area contributed by atoms with Crippen molar-refractivity contribution in [2.45, 2.75) is 26.4 Å². The third kappa shape index (κ3) is 4.12. The first-order valence-electron chi connectivity index (χ1n) is 5.41. The largest absolute Gasteiger partial charge is 0.389 e. The van der Waals surface area contributed by atoms with Gasteiger partial charge in [0.25, 0.3) is 0 Å². The first-order chi connectivity index (χ1) is 7.65. The molecule has 1 rings (SSSR count). The molecule has 90 valence electrons. The Morgan fingerprint density at radius 3 is 2.88 bits per heavy atom. The molecule has 1 heterocycles. The molecular weight excluding hydrogens is 206 g/mol. The summed E-state index contributed by atoms with van der Waals surface area (Å²) in [5.41, 5.74) is 0.997. The number of aliphatic hydroxyl groups excluding tert-OH is 1. The number of anilines is 1. The molecule has 16 heavy (non-hydrogen) atoms. The molecule has 0 aliphatic rings. The number of aliphatic hydroxyl groups is 1. The molecule has 0 bridgehead atoms. The van der Waals surface area contributed by atoms with E-state index >= 15 is 0 Å². The van der Waals surface area contributed by atoms with Crippen molar-refractivity contribution in [1.82, 2.24) is 9.97 Å². The number of rotatable bonds is 6. The Balaban J connectivity index is 2.56. The molecule has 1 atom stereocenters. The van der Waals surface area contributed by atoms with Crippen LogP contribution in [0.15, 0.2) is 6.07 Å². The lowest BCUT2D eigenvalue weighted by atomic mass is 10.3. The maximum atomic E-state index is 9.48. The second-order valence-electron chi connectivity index (χ2n) is 3.64. The molecule has 5 heteroatoms. The van der Waals surface area contributed by atoms with Gasteiger partial charge in [0, 0.05) is 25.4 Å². The van der Waals surface area contributed by atoms with Crippen LogP contribution in [0.25, 0.3) is 0 Å². The molecule has 0 amide bonds. The standard InChI is InChI=1S/C11H19N3O2/c1-4-9-5-11(14-8(2)13-9)12-6-10(15)7-16-3/h5,10,15H,4,6-7H2,1-3H3,(H,12,13,14). The van der Waals surface area contributed by atoms with Crippen molar-refractivity contribution in [3.05, 3.63) is 17.6 Å². The van der Waals surface area contributed by atoms with Crippen LogP contribution in [0.1, 0.15) is 18.4 Å². The molecular formula is C11H19N3O2. The van der Waals surface area contributed by atoms with Gasteiger partial charge < -0.3 is 15.2 Å². The second kappa shape index (κ2) is 6.40. The molecule has 0 aromatic carbocycles. The van der Waals surface area contributed by atoms with Gasteiger partial charge in [-0.3, -0.25) is 0 Å². The molecule has 0 radical (unpaired) electrons. The lowest BCUT2D eigenvalue weighted by Gasteiger charge is -2.12. The van der Waals surface area contributed by atoms with Crippen molar-refractivity contribution in [1.29, 1.82) is 0 Å². The summed E-state index contributed by atoms with van der Waals surface area (Å²) in [6, 6.07) is 1.90. The molecule has 0 spiro atoms. The lowest BCUT2D eigenvalue weighted by molar-refractivity contribution is 0.0727. The summed E-state index contributed by atoms with van der Waals surface area (Å²) >= 11 is 0. The molecule has 0 saturated carbocycles. The van der Waals surface area contributed by atoms with Gasteiger partial charge in [0.15, 0.2) is 0 Å². The molecule has 1 unspecified atom stereocenters. The first kappa shape index (κ1) is 12.9. The molecule has 0 saturated heterocycles. The summed E-state index contributed by atoms with van der Waals surface area (Å²) < 4.78 is 4.84. The van der Waals surface area contributed by atoms with Crippen LogP contribution in [0.5, 0.6) is 0 Å². The normalized spacial score (nSPS) is 12.5. The van der Waals surface area contributed by atoms with E-state index in [2.05, 4.69) is 15.3 Å². The van der Waals surface area contributed by atoms with E-state index in [9.17, 15) is 5.11 Å². The van der Waals surface area contributed by atoms with Gasteiger partial charge in [-0.25, -0.2) is 9.97 Å². The summed E-state index contributed by atoms with van der Waals surface area (Å²) in [4.78, 5) is 8.52. The van der Waals surface area contributed by atoms with Crippen molar-refractivity contribution in [2.75, 3.05) is 25.6 Å². The minimum Gasteiger partial charge on any atom is -0.389 e. The van der Waals surface area contributed by atoms with Crippen LogP contribution in [0.4, 0.5) is 5.82 Å². The van der Waals surface area contributed by atoms with Crippen molar-refractivity contribution in [2.24, 2.45) is 0 Å². The van der Waals surface area contributed by atoms with E-state index in [0.717, 1.165) is 23.8 Å². The number of hydrogen-bond donors (Lipinski definition) is 2. The van der Waals surface area contributed by atoms with E-state index in [-0.39, 0.29) is 0 Å². The van der Waals surface area contributed by atoms with E-state index in [1.165, 1.54) is 0 Å². The predicted molar refractivity (Wildman–Crippen MR) is 62.5 cm³/mol. The Hall–Kier alpha value is -1.20. The average Bonchev–Trinajstić information content (AvgIpc) is 2.26. The number of aromatic nitrogens is 2. The van der Waals surface area contributed by atoms with E-state index in [1.54, 1.807) is 7.11 Å². The van der Waals surface area contributed by atoms with Crippen LogP contribution in [0.2, 0.25) is 0 Å². The van der Waals surface area contributed by atoms with Gasteiger partial charge in [-0.2, -0.15) is 0 Å².